The number of aryl methyl sites for hydroxylation is 2. The second-order valence-electron chi connectivity index (χ2n) is 4.42. The molecule has 0 aliphatic rings. The van der Waals surface area contributed by atoms with Gasteiger partial charge in [-0.1, -0.05) is 12.1 Å². The number of rotatable bonds is 3. The summed E-state index contributed by atoms with van der Waals surface area (Å²) in [6, 6.07) is 5.65. The Hall–Kier alpha value is -2.43. The lowest BCUT2D eigenvalue weighted by atomic mass is 10.1. The van der Waals surface area contributed by atoms with Gasteiger partial charge >= 0.3 is 0 Å². The lowest BCUT2D eigenvalue weighted by molar-refractivity contribution is 0.447. The predicted molar refractivity (Wildman–Crippen MR) is 73.8 cm³/mol. The number of aromatic nitrogens is 2. The summed E-state index contributed by atoms with van der Waals surface area (Å²) in [7, 11) is 0. The summed E-state index contributed by atoms with van der Waals surface area (Å²) in [5, 5.41) is 15.2. The summed E-state index contributed by atoms with van der Waals surface area (Å²) >= 11 is 0. The molecule has 3 N–H and O–H groups in total. The Balaban J connectivity index is 2.48. The molecule has 0 spiro atoms. The SMILES string of the molecule is Cc1ccc(C)c(Oc2nnccc2C(=N)N)c1C. The van der Waals surface area contributed by atoms with Gasteiger partial charge in [-0.05, 0) is 43.5 Å². The molecule has 2 rings (SSSR count). The zero-order valence-corrected chi connectivity index (χ0v) is 11.2. The molecule has 5 heteroatoms. The van der Waals surface area contributed by atoms with E-state index < -0.39 is 0 Å². The predicted octanol–water partition coefficient (Wildman–Crippen LogP) is 2.48. The van der Waals surface area contributed by atoms with Gasteiger partial charge in [0.25, 0.3) is 0 Å². The van der Waals surface area contributed by atoms with Crippen LogP contribution >= 0.6 is 0 Å². The van der Waals surface area contributed by atoms with Crippen molar-refractivity contribution in [3.8, 4) is 11.6 Å². The first-order valence-corrected chi connectivity index (χ1v) is 5.91. The van der Waals surface area contributed by atoms with Gasteiger partial charge < -0.3 is 10.5 Å². The highest BCUT2D eigenvalue weighted by molar-refractivity contribution is 5.97. The van der Waals surface area contributed by atoms with E-state index in [1.165, 1.54) is 6.20 Å². The van der Waals surface area contributed by atoms with E-state index in [0.29, 0.717) is 5.56 Å². The second kappa shape index (κ2) is 5.06. The molecule has 19 heavy (non-hydrogen) atoms. The molecule has 0 amide bonds. The fourth-order valence-corrected chi connectivity index (χ4v) is 1.78. The number of hydrogen-bond acceptors (Lipinski definition) is 4. The van der Waals surface area contributed by atoms with Gasteiger partial charge in [-0.15, -0.1) is 5.10 Å². The Kier molecular flexibility index (Phi) is 3.46. The smallest absolute Gasteiger partial charge is 0.249 e. The molecule has 0 aliphatic heterocycles. The first kappa shape index (κ1) is 13.0. The molecule has 0 unspecified atom stereocenters. The van der Waals surface area contributed by atoms with Crippen molar-refractivity contribution in [3.05, 3.63) is 46.6 Å². The van der Waals surface area contributed by atoms with Crippen LogP contribution in [0.2, 0.25) is 0 Å². The van der Waals surface area contributed by atoms with E-state index >= 15 is 0 Å². The third kappa shape index (κ3) is 2.54. The van der Waals surface area contributed by atoms with Crippen LogP contribution in [0, 0.1) is 26.2 Å². The number of amidine groups is 1. The average Bonchev–Trinajstić information content (AvgIpc) is 2.39. The maximum absolute atomic E-state index is 7.52. The fraction of sp³-hybridized carbons (Fsp3) is 0.214. The van der Waals surface area contributed by atoms with E-state index in [4.69, 9.17) is 15.9 Å². The van der Waals surface area contributed by atoms with Crippen LogP contribution in [0.3, 0.4) is 0 Å². The fourth-order valence-electron chi connectivity index (χ4n) is 1.78. The Labute approximate surface area is 111 Å². The van der Waals surface area contributed by atoms with E-state index in [0.717, 1.165) is 22.4 Å². The summed E-state index contributed by atoms with van der Waals surface area (Å²) in [5.41, 5.74) is 9.13. The van der Waals surface area contributed by atoms with Crippen molar-refractivity contribution in [1.29, 1.82) is 5.41 Å². The summed E-state index contributed by atoms with van der Waals surface area (Å²) in [6.45, 7) is 5.97. The van der Waals surface area contributed by atoms with Crippen molar-refractivity contribution in [3.63, 3.8) is 0 Å². The standard InChI is InChI=1S/C14H16N4O/c1-8-4-5-9(2)12(10(8)3)19-14-11(13(15)16)6-7-17-18-14/h4-7H,1-3H3,(H3,15,16). The number of nitrogens with two attached hydrogens (primary N) is 1. The van der Waals surface area contributed by atoms with Gasteiger partial charge in [-0.25, -0.2) is 0 Å². The normalized spacial score (nSPS) is 10.3. The Morgan fingerprint density at radius 2 is 1.84 bits per heavy atom. The lowest BCUT2D eigenvalue weighted by Crippen LogP contribution is -2.13. The van der Waals surface area contributed by atoms with Crippen molar-refractivity contribution in [2.75, 3.05) is 0 Å². The third-order valence-corrected chi connectivity index (χ3v) is 3.05. The maximum atomic E-state index is 7.52. The molecule has 2 aromatic rings. The number of hydrogen-bond donors (Lipinski definition) is 2. The van der Waals surface area contributed by atoms with Gasteiger partial charge in [0.1, 0.15) is 11.6 Å². The molecule has 1 aromatic carbocycles. The zero-order valence-electron chi connectivity index (χ0n) is 11.2. The Morgan fingerprint density at radius 3 is 2.53 bits per heavy atom. The number of nitrogens with zero attached hydrogens (tertiary/aromatic N) is 2. The molecule has 0 saturated heterocycles. The highest BCUT2D eigenvalue weighted by Gasteiger charge is 2.13. The lowest BCUT2D eigenvalue weighted by Gasteiger charge is -2.14. The molecule has 1 aromatic heterocycles. The van der Waals surface area contributed by atoms with E-state index in [9.17, 15) is 0 Å². The number of nitrogens with one attached hydrogen (secondary N) is 1. The Morgan fingerprint density at radius 1 is 1.16 bits per heavy atom. The highest BCUT2D eigenvalue weighted by atomic mass is 16.5. The summed E-state index contributed by atoms with van der Waals surface area (Å²) in [6.07, 6.45) is 1.49. The van der Waals surface area contributed by atoms with Crippen LogP contribution in [0.25, 0.3) is 0 Å². The van der Waals surface area contributed by atoms with Crippen LogP contribution in [0.1, 0.15) is 22.3 Å². The molecule has 0 aliphatic carbocycles. The molecule has 0 fully saturated rings. The van der Waals surface area contributed by atoms with E-state index in [2.05, 4.69) is 10.2 Å². The van der Waals surface area contributed by atoms with Gasteiger partial charge in [0.2, 0.25) is 5.88 Å². The summed E-state index contributed by atoms with van der Waals surface area (Å²) in [5.74, 6) is 0.905. The van der Waals surface area contributed by atoms with Crippen molar-refractivity contribution < 1.29 is 4.74 Å². The molecular weight excluding hydrogens is 240 g/mol. The van der Waals surface area contributed by atoms with Crippen LogP contribution in [-0.2, 0) is 0 Å². The first-order chi connectivity index (χ1) is 9.00. The number of ether oxygens (including phenoxy) is 1. The maximum Gasteiger partial charge on any atom is 0.249 e. The third-order valence-electron chi connectivity index (χ3n) is 3.05. The minimum absolute atomic E-state index is 0.0899. The number of benzene rings is 1. The van der Waals surface area contributed by atoms with Gasteiger partial charge in [-0.2, -0.15) is 5.10 Å². The van der Waals surface area contributed by atoms with Crippen molar-refractivity contribution in [2.24, 2.45) is 5.73 Å². The van der Waals surface area contributed by atoms with E-state index in [1.807, 2.05) is 32.9 Å². The minimum Gasteiger partial charge on any atom is -0.436 e. The topological polar surface area (TPSA) is 84.9 Å². The Bertz CT molecular complexity index is 637. The second-order valence-corrected chi connectivity index (χ2v) is 4.42. The zero-order chi connectivity index (χ0) is 14.0. The van der Waals surface area contributed by atoms with Crippen LogP contribution in [0.5, 0.6) is 11.6 Å². The molecule has 0 radical (unpaired) electrons. The molecule has 0 bridgehead atoms. The van der Waals surface area contributed by atoms with Gasteiger partial charge in [0, 0.05) is 0 Å². The monoisotopic (exact) mass is 256 g/mol. The van der Waals surface area contributed by atoms with Crippen LogP contribution in [-0.4, -0.2) is 16.0 Å². The van der Waals surface area contributed by atoms with Crippen molar-refractivity contribution in [2.45, 2.75) is 20.8 Å². The quantitative estimate of drug-likeness (QED) is 0.652. The van der Waals surface area contributed by atoms with Crippen molar-refractivity contribution in [1.82, 2.24) is 10.2 Å². The molecule has 0 saturated carbocycles. The van der Waals surface area contributed by atoms with Crippen LogP contribution in [0.4, 0.5) is 0 Å². The molecular formula is C14H16N4O. The number of nitrogen functional groups attached to an aromatic ring is 1. The van der Waals surface area contributed by atoms with Crippen molar-refractivity contribution >= 4 is 5.84 Å². The molecule has 0 atom stereocenters. The van der Waals surface area contributed by atoms with Gasteiger partial charge in [-0.3, -0.25) is 5.41 Å². The van der Waals surface area contributed by atoms with Crippen LogP contribution < -0.4 is 10.5 Å². The molecule has 5 nitrogen and oxygen atoms in total. The highest BCUT2D eigenvalue weighted by Crippen LogP contribution is 2.30. The summed E-state index contributed by atoms with van der Waals surface area (Å²) in [4.78, 5) is 0. The van der Waals surface area contributed by atoms with Gasteiger partial charge in [0.05, 0.1) is 11.8 Å². The minimum atomic E-state index is -0.0899. The molecule has 98 valence electrons. The van der Waals surface area contributed by atoms with E-state index in [1.54, 1.807) is 6.07 Å². The van der Waals surface area contributed by atoms with Gasteiger partial charge in [0.15, 0.2) is 0 Å². The average molecular weight is 256 g/mol. The van der Waals surface area contributed by atoms with E-state index in [-0.39, 0.29) is 11.7 Å². The largest absolute Gasteiger partial charge is 0.436 e. The summed E-state index contributed by atoms with van der Waals surface area (Å²) < 4.78 is 5.82. The first-order valence-electron chi connectivity index (χ1n) is 5.91. The molecule has 1 heterocycles. The van der Waals surface area contributed by atoms with Crippen LogP contribution in [0.15, 0.2) is 24.4 Å².